The summed E-state index contributed by atoms with van der Waals surface area (Å²) in [6.07, 6.45) is 9.04. The third-order valence-corrected chi connectivity index (χ3v) is 12.3. The number of anilines is 3. The average molecular weight is 722 g/mol. The topological polar surface area (TPSA) is 16.4 Å². The van der Waals surface area contributed by atoms with Crippen molar-refractivity contribution in [2.24, 2.45) is 0 Å². The SMILES string of the molecule is C1=CC(c2ccc3oc4c(cc(N(c5ccc(-c6ccccc6)cc5)c5ccc(-c6ccc7ccccc7c6)cc5)c5sc6ccccc6c54)c3c2)=CCC1. The lowest BCUT2D eigenvalue weighted by molar-refractivity contribution is 0.673. The highest BCUT2D eigenvalue weighted by Gasteiger charge is 2.24. The second kappa shape index (κ2) is 13.0. The Hall–Kier alpha value is -6.68. The van der Waals surface area contributed by atoms with Crippen molar-refractivity contribution in [2.45, 2.75) is 12.8 Å². The maximum Gasteiger partial charge on any atom is 0.144 e. The first-order valence-electron chi connectivity index (χ1n) is 19.0. The Morgan fingerprint density at radius 1 is 0.491 bits per heavy atom. The van der Waals surface area contributed by atoms with Gasteiger partial charge >= 0.3 is 0 Å². The van der Waals surface area contributed by atoms with E-state index in [9.17, 15) is 0 Å². The van der Waals surface area contributed by atoms with Crippen molar-refractivity contribution in [1.29, 1.82) is 0 Å². The number of fused-ring (bicyclic) bond motifs is 8. The van der Waals surface area contributed by atoms with E-state index in [-0.39, 0.29) is 0 Å². The molecule has 0 unspecified atom stereocenters. The molecule has 55 heavy (non-hydrogen) atoms. The molecule has 0 spiro atoms. The van der Waals surface area contributed by atoms with E-state index in [1.807, 2.05) is 11.3 Å². The number of nitrogens with zero attached hydrogens (tertiary/aromatic N) is 1. The summed E-state index contributed by atoms with van der Waals surface area (Å²) in [6.45, 7) is 0. The van der Waals surface area contributed by atoms with Gasteiger partial charge in [0.1, 0.15) is 11.2 Å². The lowest BCUT2D eigenvalue weighted by Gasteiger charge is -2.27. The maximum atomic E-state index is 6.83. The third-order valence-electron chi connectivity index (χ3n) is 11.1. The van der Waals surface area contributed by atoms with E-state index >= 15 is 0 Å². The predicted molar refractivity (Wildman–Crippen MR) is 236 cm³/mol. The fraction of sp³-hybridized carbons (Fsp3) is 0.0385. The molecule has 10 aromatic rings. The summed E-state index contributed by atoms with van der Waals surface area (Å²) in [5, 5.41) is 7.15. The van der Waals surface area contributed by atoms with E-state index in [0.717, 1.165) is 51.8 Å². The minimum Gasteiger partial charge on any atom is -0.455 e. The normalized spacial score (nSPS) is 13.0. The number of thiophene rings is 1. The molecular weight excluding hydrogens is 687 g/mol. The van der Waals surface area contributed by atoms with Crippen molar-refractivity contribution in [3.8, 4) is 22.3 Å². The van der Waals surface area contributed by atoms with Crippen LogP contribution in [-0.4, -0.2) is 0 Å². The van der Waals surface area contributed by atoms with Crippen molar-refractivity contribution < 1.29 is 4.42 Å². The molecule has 11 rings (SSSR count). The maximum absolute atomic E-state index is 6.83. The van der Waals surface area contributed by atoms with Crippen molar-refractivity contribution >= 4 is 86.9 Å². The van der Waals surface area contributed by atoms with Gasteiger partial charge in [0.2, 0.25) is 0 Å². The average Bonchev–Trinajstić information content (AvgIpc) is 3.83. The van der Waals surface area contributed by atoms with Gasteiger partial charge in [0, 0.05) is 37.6 Å². The number of hydrogen-bond donors (Lipinski definition) is 0. The van der Waals surface area contributed by atoms with Gasteiger partial charge in [-0.15, -0.1) is 11.3 Å². The summed E-state index contributed by atoms with van der Waals surface area (Å²) in [5.41, 5.74) is 12.5. The standard InChI is InChI=1S/C52H35NOS/c1-3-11-34(12-4-1)37-21-26-42(27-22-37)53(43-28-23-38(24-29-43)40-20-19-36-15-7-8-16-39(36)31-40)47-33-46-45-32-41(35-13-5-2-6-14-35)25-30-48(45)54-51(46)50-44-17-9-10-18-49(44)55-52(47)50/h1,3-5,7-33H,2,6H2. The van der Waals surface area contributed by atoms with Crippen molar-refractivity contribution in [3.05, 3.63) is 194 Å². The summed E-state index contributed by atoms with van der Waals surface area (Å²) in [5.74, 6) is 0. The van der Waals surface area contributed by atoms with Gasteiger partial charge in [-0.1, -0.05) is 133 Å². The fourth-order valence-electron chi connectivity index (χ4n) is 8.31. The Balaban J connectivity index is 1.14. The van der Waals surface area contributed by atoms with Gasteiger partial charge in [-0.3, -0.25) is 0 Å². The zero-order chi connectivity index (χ0) is 36.3. The van der Waals surface area contributed by atoms with Gasteiger partial charge in [0.15, 0.2) is 0 Å². The molecule has 0 N–H and O–H groups in total. The minimum absolute atomic E-state index is 0.909. The first-order chi connectivity index (χ1) is 27.2. The van der Waals surface area contributed by atoms with Crippen LogP contribution in [0.3, 0.4) is 0 Å². The van der Waals surface area contributed by atoms with Gasteiger partial charge in [0.05, 0.1) is 10.4 Å². The number of benzene rings is 8. The van der Waals surface area contributed by atoms with Gasteiger partial charge in [-0.25, -0.2) is 0 Å². The van der Waals surface area contributed by atoms with Crippen LogP contribution in [0.15, 0.2) is 193 Å². The highest BCUT2D eigenvalue weighted by atomic mass is 32.1. The fourth-order valence-corrected chi connectivity index (χ4v) is 9.51. The predicted octanol–water partition coefficient (Wildman–Crippen LogP) is 15.6. The molecule has 1 aliphatic carbocycles. The van der Waals surface area contributed by atoms with E-state index < -0.39 is 0 Å². The van der Waals surface area contributed by atoms with E-state index in [2.05, 4.69) is 193 Å². The molecule has 2 aromatic heterocycles. The highest BCUT2D eigenvalue weighted by molar-refractivity contribution is 7.26. The van der Waals surface area contributed by atoms with Crippen LogP contribution in [0.1, 0.15) is 18.4 Å². The number of rotatable bonds is 6. The van der Waals surface area contributed by atoms with Crippen LogP contribution >= 0.6 is 11.3 Å². The zero-order valence-corrected chi connectivity index (χ0v) is 30.9. The van der Waals surface area contributed by atoms with Crippen LogP contribution in [0.4, 0.5) is 17.1 Å². The molecule has 260 valence electrons. The molecule has 0 aliphatic heterocycles. The summed E-state index contributed by atoms with van der Waals surface area (Å²) in [6, 6.07) is 61.8. The van der Waals surface area contributed by atoms with Crippen LogP contribution in [0, 0.1) is 0 Å². The van der Waals surface area contributed by atoms with Gasteiger partial charge in [-0.2, -0.15) is 0 Å². The molecule has 1 aliphatic rings. The molecule has 2 heterocycles. The van der Waals surface area contributed by atoms with Crippen LogP contribution in [0.25, 0.3) is 80.7 Å². The minimum atomic E-state index is 0.909. The summed E-state index contributed by atoms with van der Waals surface area (Å²) >= 11 is 1.84. The summed E-state index contributed by atoms with van der Waals surface area (Å²) in [7, 11) is 0. The Morgan fingerprint density at radius 2 is 1.16 bits per heavy atom. The molecule has 0 bridgehead atoms. The largest absolute Gasteiger partial charge is 0.455 e. The Morgan fingerprint density at radius 3 is 1.95 bits per heavy atom. The lowest BCUT2D eigenvalue weighted by Crippen LogP contribution is -2.10. The van der Waals surface area contributed by atoms with Crippen molar-refractivity contribution in [2.75, 3.05) is 4.90 Å². The first-order valence-corrected chi connectivity index (χ1v) is 19.8. The number of allylic oxidation sites excluding steroid dienone is 4. The molecule has 2 nitrogen and oxygen atoms in total. The number of furan rings is 1. The molecule has 0 saturated carbocycles. The van der Waals surface area contributed by atoms with Crippen LogP contribution in [0.5, 0.6) is 0 Å². The Kier molecular flexibility index (Phi) is 7.53. The van der Waals surface area contributed by atoms with Crippen LogP contribution in [-0.2, 0) is 0 Å². The molecule has 0 saturated heterocycles. The van der Waals surface area contributed by atoms with E-state index in [4.69, 9.17) is 4.42 Å². The van der Waals surface area contributed by atoms with E-state index in [1.165, 1.54) is 64.3 Å². The Bertz CT molecular complexity index is 3130. The highest BCUT2D eigenvalue weighted by Crippen LogP contribution is 2.50. The molecule has 3 heteroatoms. The monoisotopic (exact) mass is 721 g/mol. The Labute approximate surface area is 323 Å². The second-order valence-corrected chi connectivity index (χ2v) is 15.4. The molecule has 0 amide bonds. The molecule has 0 atom stereocenters. The summed E-state index contributed by atoms with van der Waals surface area (Å²) in [4.78, 5) is 2.44. The van der Waals surface area contributed by atoms with Crippen molar-refractivity contribution in [3.63, 3.8) is 0 Å². The van der Waals surface area contributed by atoms with Crippen LogP contribution < -0.4 is 4.90 Å². The zero-order valence-electron chi connectivity index (χ0n) is 30.1. The molecule has 8 aromatic carbocycles. The summed E-state index contributed by atoms with van der Waals surface area (Å²) < 4.78 is 9.28. The van der Waals surface area contributed by atoms with E-state index in [0.29, 0.717) is 0 Å². The molecule has 0 fully saturated rings. The van der Waals surface area contributed by atoms with Gasteiger partial charge in [0.25, 0.3) is 0 Å². The van der Waals surface area contributed by atoms with Crippen LogP contribution in [0.2, 0.25) is 0 Å². The van der Waals surface area contributed by atoms with Gasteiger partial charge in [-0.05, 0) is 112 Å². The lowest BCUT2D eigenvalue weighted by atomic mass is 9.97. The van der Waals surface area contributed by atoms with E-state index in [1.54, 1.807) is 0 Å². The molecular formula is C52H35NOS. The number of hydrogen-bond acceptors (Lipinski definition) is 3. The van der Waals surface area contributed by atoms with Gasteiger partial charge < -0.3 is 9.32 Å². The second-order valence-electron chi connectivity index (χ2n) is 14.4. The smallest absolute Gasteiger partial charge is 0.144 e. The quantitative estimate of drug-likeness (QED) is 0.170. The van der Waals surface area contributed by atoms with Crippen molar-refractivity contribution in [1.82, 2.24) is 0 Å². The molecule has 0 radical (unpaired) electrons. The first kappa shape index (κ1) is 31.8. The third kappa shape index (κ3) is 5.47.